The van der Waals surface area contributed by atoms with Crippen LogP contribution >= 0.6 is 0 Å². The second-order valence-electron chi connectivity index (χ2n) is 5.75. The molecular formula is C16H17N7O2. The standard InChI is InChI=1S/C16H17N7O2/c1-25-11-5-7-22(9-11)15-3-2-14-18-8-12(23(14)21-15)16(24)20-13-4-6-17-10-19-13/h2-4,6,8,10-11H,5,7,9H2,1H3,(H,17,19,20,24). The van der Waals surface area contributed by atoms with Gasteiger partial charge in [0.25, 0.3) is 5.91 Å². The highest BCUT2D eigenvalue weighted by atomic mass is 16.5. The number of amides is 1. The maximum absolute atomic E-state index is 12.5. The first kappa shape index (κ1) is 15.5. The Bertz CT molecular complexity index is 896. The van der Waals surface area contributed by atoms with Crippen molar-refractivity contribution in [1.29, 1.82) is 0 Å². The van der Waals surface area contributed by atoms with Crippen LogP contribution < -0.4 is 10.2 Å². The lowest BCUT2D eigenvalue weighted by Gasteiger charge is -2.17. The van der Waals surface area contributed by atoms with E-state index in [4.69, 9.17) is 4.74 Å². The van der Waals surface area contributed by atoms with Gasteiger partial charge >= 0.3 is 0 Å². The Morgan fingerprint density at radius 2 is 2.24 bits per heavy atom. The van der Waals surface area contributed by atoms with Crippen LogP contribution in [0.5, 0.6) is 0 Å². The molecule has 1 N–H and O–H groups in total. The van der Waals surface area contributed by atoms with Crippen molar-refractivity contribution in [2.45, 2.75) is 12.5 Å². The predicted molar refractivity (Wildman–Crippen MR) is 90.6 cm³/mol. The van der Waals surface area contributed by atoms with Crippen LogP contribution in [-0.2, 0) is 4.74 Å². The third-order valence-electron chi connectivity index (χ3n) is 4.21. The molecule has 4 rings (SSSR count). The molecular weight excluding hydrogens is 322 g/mol. The van der Waals surface area contributed by atoms with E-state index in [-0.39, 0.29) is 12.0 Å². The van der Waals surface area contributed by atoms with Gasteiger partial charge in [-0.2, -0.15) is 0 Å². The van der Waals surface area contributed by atoms with E-state index in [9.17, 15) is 4.79 Å². The summed E-state index contributed by atoms with van der Waals surface area (Å²) in [5.74, 6) is 0.891. The summed E-state index contributed by atoms with van der Waals surface area (Å²) >= 11 is 0. The lowest BCUT2D eigenvalue weighted by molar-refractivity contribution is 0.102. The van der Waals surface area contributed by atoms with Crippen molar-refractivity contribution in [3.05, 3.63) is 42.6 Å². The van der Waals surface area contributed by atoms with Crippen LogP contribution in [0, 0.1) is 0 Å². The molecule has 4 heterocycles. The normalized spacial score (nSPS) is 17.2. The second-order valence-corrected chi connectivity index (χ2v) is 5.75. The molecule has 0 saturated carbocycles. The Kier molecular flexibility index (Phi) is 3.98. The maximum atomic E-state index is 12.5. The number of fused-ring (bicyclic) bond motifs is 1. The summed E-state index contributed by atoms with van der Waals surface area (Å²) in [4.78, 5) is 26.7. The van der Waals surface area contributed by atoms with Crippen LogP contribution in [0.2, 0.25) is 0 Å². The molecule has 9 nitrogen and oxygen atoms in total. The Hall–Kier alpha value is -3.07. The quantitative estimate of drug-likeness (QED) is 0.757. The SMILES string of the molecule is COC1CCN(c2ccc3ncc(C(=O)Nc4ccncn4)n3n2)C1. The first-order valence-electron chi connectivity index (χ1n) is 7.94. The van der Waals surface area contributed by atoms with Crippen molar-refractivity contribution < 1.29 is 9.53 Å². The zero-order chi connectivity index (χ0) is 17.2. The first-order valence-corrected chi connectivity index (χ1v) is 7.94. The molecule has 0 radical (unpaired) electrons. The number of ether oxygens (including phenoxy) is 1. The van der Waals surface area contributed by atoms with Crippen LogP contribution in [0.25, 0.3) is 5.65 Å². The Morgan fingerprint density at radius 3 is 3.00 bits per heavy atom. The zero-order valence-electron chi connectivity index (χ0n) is 13.7. The zero-order valence-corrected chi connectivity index (χ0v) is 13.7. The van der Waals surface area contributed by atoms with Gasteiger partial charge in [-0.15, -0.1) is 5.10 Å². The van der Waals surface area contributed by atoms with Crippen molar-refractivity contribution in [2.75, 3.05) is 30.4 Å². The fourth-order valence-corrected chi connectivity index (χ4v) is 2.86. The molecule has 1 aliphatic rings. The molecule has 1 fully saturated rings. The number of imidazole rings is 1. The van der Waals surface area contributed by atoms with Crippen LogP contribution in [0.4, 0.5) is 11.6 Å². The highest BCUT2D eigenvalue weighted by molar-refractivity contribution is 6.02. The summed E-state index contributed by atoms with van der Waals surface area (Å²) in [6.45, 7) is 1.65. The van der Waals surface area contributed by atoms with Crippen molar-refractivity contribution in [1.82, 2.24) is 24.6 Å². The van der Waals surface area contributed by atoms with E-state index in [1.165, 1.54) is 12.5 Å². The van der Waals surface area contributed by atoms with Crippen LogP contribution in [0.1, 0.15) is 16.9 Å². The molecule has 0 spiro atoms. The van der Waals surface area contributed by atoms with Crippen LogP contribution in [-0.4, -0.2) is 56.8 Å². The number of nitrogens with zero attached hydrogens (tertiary/aromatic N) is 6. The summed E-state index contributed by atoms with van der Waals surface area (Å²) in [5, 5.41) is 7.30. The number of carbonyl (C=O) groups excluding carboxylic acids is 1. The van der Waals surface area contributed by atoms with Gasteiger partial charge in [0.2, 0.25) is 0 Å². The highest BCUT2D eigenvalue weighted by Crippen LogP contribution is 2.20. The number of rotatable bonds is 4. The van der Waals surface area contributed by atoms with Gasteiger partial charge in [-0.25, -0.2) is 19.5 Å². The summed E-state index contributed by atoms with van der Waals surface area (Å²) in [6.07, 6.45) is 5.61. The van der Waals surface area contributed by atoms with Gasteiger partial charge < -0.3 is 15.0 Å². The minimum Gasteiger partial charge on any atom is -0.380 e. The third kappa shape index (κ3) is 3.01. The summed E-state index contributed by atoms with van der Waals surface area (Å²) in [5.41, 5.74) is 0.956. The van der Waals surface area contributed by atoms with E-state index in [1.807, 2.05) is 12.1 Å². The Labute approximate surface area is 143 Å². The molecule has 3 aromatic heterocycles. The average molecular weight is 339 g/mol. The van der Waals surface area contributed by atoms with E-state index < -0.39 is 0 Å². The minimum absolute atomic E-state index is 0.209. The molecule has 0 aliphatic carbocycles. The van der Waals surface area contributed by atoms with Gasteiger partial charge in [0, 0.05) is 26.4 Å². The number of anilines is 2. The smallest absolute Gasteiger partial charge is 0.277 e. The number of methoxy groups -OCH3 is 1. The molecule has 9 heteroatoms. The lowest BCUT2D eigenvalue weighted by atomic mass is 10.3. The Balaban J connectivity index is 1.61. The average Bonchev–Trinajstić information content (AvgIpc) is 3.29. The third-order valence-corrected chi connectivity index (χ3v) is 4.21. The van der Waals surface area contributed by atoms with E-state index >= 15 is 0 Å². The van der Waals surface area contributed by atoms with Gasteiger partial charge in [-0.1, -0.05) is 0 Å². The van der Waals surface area contributed by atoms with E-state index in [1.54, 1.807) is 23.9 Å². The molecule has 1 saturated heterocycles. The van der Waals surface area contributed by atoms with Gasteiger partial charge in [-0.05, 0) is 24.6 Å². The van der Waals surface area contributed by atoms with Crippen molar-refractivity contribution in [2.24, 2.45) is 0 Å². The van der Waals surface area contributed by atoms with E-state index in [0.29, 0.717) is 17.2 Å². The fraction of sp³-hybridized carbons (Fsp3) is 0.312. The molecule has 0 bridgehead atoms. The molecule has 1 unspecified atom stereocenters. The monoisotopic (exact) mass is 339 g/mol. The van der Waals surface area contributed by atoms with Crippen molar-refractivity contribution in [3.63, 3.8) is 0 Å². The maximum Gasteiger partial charge on any atom is 0.277 e. The molecule has 0 aromatic carbocycles. The van der Waals surface area contributed by atoms with Gasteiger partial charge in [-0.3, -0.25) is 4.79 Å². The van der Waals surface area contributed by atoms with Gasteiger partial charge in [0.1, 0.15) is 18.0 Å². The molecule has 1 atom stereocenters. The summed E-state index contributed by atoms with van der Waals surface area (Å²) < 4.78 is 6.95. The molecule has 25 heavy (non-hydrogen) atoms. The number of carbonyl (C=O) groups is 1. The van der Waals surface area contributed by atoms with Crippen molar-refractivity contribution in [3.8, 4) is 0 Å². The van der Waals surface area contributed by atoms with Crippen molar-refractivity contribution >= 4 is 23.2 Å². The number of nitrogens with one attached hydrogen (secondary N) is 1. The molecule has 1 aliphatic heterocycles. The van der Waals surface area contributed by atoms with E-state index in [0.717, 1.165) is 25.3 Å². The van der Waals surface area contributed by atoms with Gasteiger partial charge in [0.15, 0.2) is 11.3 Å². The molecule has 128 valence electrons. The van der Waals surface area contributed by atoms with E-state index in [2.05, 4.69) is 30.3 Å². The Morgan fingerprint density at radius 1 is 1.32 bits per heavy atom. The minimum atomic E-state index is -0.327. The molecule has 1 amide bonds. The molecule has 3 aromatic rings. The highest BCUT2D eigenvalue weighted by Gasteiger charge is 2.24. The van der Waals surface area contributed by atoms with Crippen LogP contribution in [0.3, 0.4) is 0 Å². The summed E-state index contributed by atoms with van der Waals surface area (Å²) in [7, 11) is 1.72. The fourth-order valence-electron chi connectivity index (χ4n) is 2.86. The first-order chi connectivity index (χ1) is 12.2. The number of hydrogen-bond acceptors (Lipinski definition) is 7. The summed E-state index contributed by atoms with van der Waals surface area (Å²) in [6, 6.07) is 5.38. The number of aromatic nitrogens is 5. The lowest BCUT2D eigenvalue weighted by Crippen LogP contribution is -2.24. The largest absolute Gasteiger partial charge is 0.380 e. The second kappa shape index (κ2) is 6.44. The van der Waals surface area contributed by atoms with Crippen LogP contribution in [0.15, 0.2) is 36.9 Å². The van der Waals surface area contributed by atoms with Gasteiger partial charge in [0.05, 0.1) is 12.3 Å². The number of hydrogen-bond donors (Lipinski definition) is 1. The predicted octanol–water partition coefficient (Wildman–Crippen LogP) is 0.997. The topological polar surface area (TPSA) is 97.5 Å².